The maximum absolute atomic E-state index is 10.9. The van der Waals surface area contributed by atoms with Crippen LogP contribution >= 0.6 is 0 Å². The molecule has 0 aliphatic heterocycles. The molecule has 0 heterocycles. The molecule has 1 aromatic rings. The summed E-state index contributed by atoms with van der Waals surface area (Å²) in [7, 11) is 0. The second-order valence-electron chi connectivity index (χ2n) is 4.22. The van der Waals surface area contributed by atoms with E-state index in [0.717, 1.165) is 11.1 Å². The molecule has 0 unspecified atom stereocenters. The number of aliphatic carboxylic acids is 1. The van der Waals surface area contributed by atoms with Crippen LogP contribution in [0.5, 0.6) is 5.75 Å². The van der Waals surface area contributed by atoms with Crippen molar-refractivity contribution in [1.82, 2.24) is 0 Å². The van der Waals surface area contributed by atoms with Crippen LogP contribution in [0.25, 0.3) is 0 Å². The highest BCUT2D eigenvalue weighted by Crippen LogP contribution is 2.23. The zero-order valence-electron chi connectivity index (χ0n) is 9.78. The Bertz CT molecular complexity index is 399. The van der Waals surface area contributed by atoms with Gasteiger partial charge in [-0.05, 0) is 38.0 Å². The van der Waals surface area contributed by atoms with Gasteiger partial charge in [-0.25, -0.2) is 4.79 Å². The molecular formula is C12H17NO3. The molecule has 0 radical (unpaired) electrons. The first-order chi connectivity index (χ1) is 7.36. The van der Waals surface area contributed by atoms with Crippen molar-refractivity contribution in [3.05, 3.63) is 29.3 Å². The quantitative estimate of drug-likeness (QED) is 0.814. The molecule has 88 valence electrons. The summed E-state index contributed by atoms with van der Waals surface area (Å²) in [6, 6.07) is 5.48. The fraction of sp³-hybridized carbons (Fsp3) is 0.417. The van der Waals surface area contributed by atoms with Gasteiger partial charge in [-0.3, -0.25) is 0 Å². The van der Waals surface area contributed by atoms with E-state index in [1.807, 2.05) is 19.1 Å². The van der Waals surface area contributed by atoms with Gasteiger partial charge in [0.1, 0.15) is 5.75 Å². The zero-order chi connectivity index (χ0) is 12.3. The van der Waals surface area contributed by atoms with Gasteiger partial charge in [-0.15, -0.1) is 0 Å². The van der Waals surface area contributed by atoms with Crippen LogP contribution in [0, 0.1) is 6.92 Å². The molecule has 0 saturated heterocycles. The Hall–Kier alpha value is -1.55. The minimum Gasteiger partial charge on any atom is -0.478 e. The number of nitrogens with two attached hydrogens (primary N) is 1. The number of carboxylic acids is 1. The van der Waals surface area contributed by atoms with Gasteiger partial charge in [0.15, 0.2) is 5.60 Å². The van der Waals surface area contributed by atoms with Crippen molar-refractivity contribution in [3.8, 4) is 5.75 Å². The van der Waals surface area contributed by atoms with Gasteiger partial charge in [-0.1, -0.05) is 12.1 Å². The number of benzene rings is 1. The molecule has 0 aromatic heterocycles. The molecule has 0 aliphatic carbocycles. The third-order valence-electron chi connectivity index (χ3n) is 2.36. The van der Waals surface area contributed by atoms with Crippen molar-refractivity contribution < 1.29 is 14.6 Å². The van der Waals surface area contributed by atoms with Crippen molar-refractivity contribution in [1.29, 1.82) is 0 Å². The van der Waals surface area contributed by atoms with E-state index < -0.39 is 11.6 Å². The number of hydrogen-bond acceptors (Lipinski definition) is 3. The normalized spacial score (nSPS) is 11.2. The van der Waals surface area contributed by atoms with E-state index in [-0.39, 0.29) is 0 Å². The van der Waals surface area contributed by atoms with Crippen LogP contribution < -0.4 is 10.5 Å². The summed E-state index contributed by atoms with van der Waals surface area (Å²) in [6.07, 6.45) is 0. The van der Waals surface area contributed by atoms with Crippen LogP contribution in [0.2, 0.25) is 0 Å². The molecule has 0 aliphatic rings. The number of carbonyl (C=O) groups is 1. The molecule has 4 nitrogen and oxygen atoms in total. The number of aryl methyl sites for hydroxylation is 1. The molecule has 16 heavy (non-hydrogen) atoms. The zero-order valence-corrected chi connectivity index (χ0v) is 9.78. The summed E-state index contributed by atoms with van der Waals surface area (Å²) in [4.78, 5) is 10.9. The second-order valence-corrected chi connectivity index (χ2v) is 4.22. The lowest BCUT2D eigenvalue weighted by atomic mass is 10.1. The van der Waals surface area contributed by atoms with E-state index >= 15 is 0 Å². The third kappa shape index (κ3) is 2.73. The van der Waals surface area contributed by atoms with Crippen LogP contribution in [0.1, 0.15) is 25.0 Å². The van der Waals surface area contributed by atoms with E-state index in [4.69, 9.17) is 15.6 Å². The molecule has 0 spiro atoms. The molecule has 0 atom stereocenters. The van der Waals surface area contributed by atoms with E-state index in [9.17, 15) is 4.79 Å². The van der Waals surface area contributed by atoms with Gasteiger partial charge in [0.05, 0.1) is 0 Å². The van der Waals surface area contributed by atoms with E-state index in [1.165, 1.54) is 13.8 Å². The Morgan fingerprint density at radius 3 is 2.56 bits per heavy atom. The molecule has 4 heteroatoms. The van der Waals surface area contributed by atoms with Gasteiger partial charge in [0.25, 0.3) is 0 Å². The number of carboxylic acid groups (broad SMARTS) is 1. The lowest BCUT2D eigenvalue weighted by molar-refractivity contribution is -0.152. The van der Waals surface area contributed by atoms with E-state index in [2.05, 4.69) is 0 Å². The first-order valence-corrected chi connectivity index (χ1v) is 5.09. The largest absolute Gasteiger partial charge is 0.478 e. The van der Waals surface area contributed by atoms with Crippen LogP contribution in [0.3, 0.4) is 0 Å². The Kier molecular flexibility index (Phi) is 3.55. The lowest BCUT2D eigenvalue weighted by Crippen LogP contribution is -2.38. The van der Waals surface area contributed by atoms with Gasteiger partial charge < -0.3 is 15.6 Å². The predicted octanol–water partition coefficient (Wildman–Crippen LogP) is 1.70. The Morgan fingerprint density at radius 1 is 1.50 bits per heavy atom. The van der Waals surface area contributed by atoms with E-state index in [0.29, 0.717) is 12.3 Å². The minimum atomic E-state index is -1.23. The summed E-state index contributed by atoms with van der Waals surface area (Å²) >= 11 is 0. The van der Waals surface area contributed by atoms with Crippen LogP contribution in [-0.2, 0) is 11.3 Å². The molecule has 0 saturated carbocycles. The highest BCUT2D eigenvalue weighted by atomic mass is 16.5. The molecule has 1 rings (SSSR count). The molecule has 0 fully saturated rings. The average Bonchev–Trinajstić information content (AvgIpc) is 2.20. The van der Waals surface area contributed by atoms with E-state index in [1.54, 1.807) is 6.07 Å². The Morgan fingerprint density at radius 2 is 2.12 bits per heavy atom. The first kappa shape index (κ1) is 12.5. The summed E-state index contributed by atoms with van der Waals surface area (Å²) in [5.41, 5.74) is 6.17. The average molecular weight is 223 g/mol. The van der Waals surface area contributed by atoms with Gasteiger partial charge in [0.2, 0.25) is 0 Å². The number of rotatable bonds is 4. The highest BCUT2D eigenvalue weighted by Gasteiger charge is 2.29. The van der Waals surface area contributed by atoms with Crippen LogP contribution in [-0.4, -0.2) is 16.7 Å². The lowest BCUT2D eigenvalue weighted by Gasteiger charge is -2.22. The van der Waals surface area contributed by atoms with Crippen LogP contribution in [0.15, 0.2) is 18.2 Å². The second kappa shape index (κ2) is 4.53. The number of ether oxygens (including phenoxy) is 1. The van der Waals surface area contributed by atoms with Crippen molar-refractivity contribution in [2.75, 3.05) is 0 Å². The van der Waals surface area contributed by atoms with Gasteiger partial charge in [0, 0.05) is 6.54 Å². The molecule has 1 aromatic carbocycles. The molecular weight excluding hydrogens is 206 g/mol. The topological polar surface area (TPSA) is 72.5 Å². The molecule has 0 amide bonds. The first-order valence-electron chi connectivity index (χ1n) is 5.09. The monoisotopic (exact) mass is 223 g/mol. The molecule has 3 N–H and O–H groups in total. The smallest absolute Gasteiger partial charge is 0.347 e. The van der Waals surface area contributed by atoms with Gasteiger partial charge in [-0.2, -0.15) is 0 Å². The summed E-state index contributed by atoms with van der Waals surface area (Å²) < 4.78 is 5.45. The third-order valence-corrected chi connectivity index (χ3v) is 2.36. The predicted molar refractivity (Wildman–Crippen MR) is 61.4 cm³/mol. The van der Waals surface area contributed by atoms with Crippen molar-refractivity contribution in [3.63, 3.8) is 0 Å². The fourth-order valence-corrected chi connectivity index (χ4v) is 1.27. The maximum Gasteiger partial charge on any atom is 0.347 e. The Labute approximate surface area is 95.0 Å². The number of hydrogen-bond donors (Lipinski definition) is 2. The minimum absolute atomic E-state index is 0.462. The van der Waals surface area contributed by atoms with Crippen molar-refractivity contribution >= 4 is 5.97 Å². The van der Waals surface area contributed by atoms with Crippen LogP contribution in [0.4, 0.5) is 0 Å². The van der Waals surface area contributed by atoms with Crippen molar-refractivity contribution in [2.45, 2.75) is 32.9 Å². The molecule has 0 bridgehead atoms. The standard InChI is InChI=1S/C12H17NO3/c1-8-6-9(7-13)4-5-10(8)16-12(2,3)11(14)15/h4-6H,7,13H2,1-3H3,(H,14,15). The highest BCUT2D eigenvalue weighted by molar-refractivity contribution is 5.76. The maximum atomic E-state index is 10.9. The van der Waals surface area contributed by atoms with Gasteiger partial charge >= 0.3 is 5.97 Å². The summed E-state index contributed by atoms with van der Waals surface area (Å²) in [5, 5.41) is 8.95. The summed E-state index contributed by atoms with van der Waals surface area (Å²) in [5.74, 6) is -0.417. The summed E-state index contributed by atoms with van der Waals surface area (Å²) in [6.45, 7) is 5.37. The fourth-order valence-electron chi connectivity index (χ4n) is 1.27. The Balaban J connectivity index is 2.94. The SMILES string of the molecule is Cc1cc(CN)ccc1OC(C)(C)C(=O)O. The van der Waals surface area contributed by atoms with Crippen molar-refractivity contribution in [2.24, 2.45) is 5.73 Å².